The van der Waals surface area contributed by atoms with E-state index < -0.39 is 47.6 Å². The van der Waals surface area contributed by atoms with Gasteiger partial charge in [0.05, 0.1) is 6.54 Å². The third-order valence-electron chi connectivity index (χ3n) is 4.46. The molecular formula is C13H32N5O10P3. The Morgan fingerprint density at radius 3 is 1.00 bits per heavy atom. The van der Waals surface area contributed by atoms with E-state index in [1.54, 1.807) is 4.90 Å². The lowest BCUT2D eigenvalue weighted by atomic mass is 10.3. The molecule has 0 aromatic carbocycles. The molecule has 1 heterocycles. The summed E-state index contributed by atoms with van der Waals surface area (Å²) in [5.74, 6) is -0.622. The van der Waals surface area contributed by atoms with Crippen molar-refractivity contribution in [3.8, 4) is 0 Å². The molecular weight excluding hydrogens is 479 g/mol. The number of amides is 1. The number of rotatable bonds is 8. The van der Waals surface area contributed by atoms with E-state index in [4.69, 9.17) is 5.73 Å². The number of carbonyl (C=O) groups excluding carboxylic acids is 1. The summed E-state index contributed by atoms with van der Waals surface area (Å²) in [5, 5.41) is 0. The summed E-state index contributed by atoms with van der Waals surface area (Å²) in [6.45, 7) is 0.812. The number of hydrogen-bond acceptors (Lipinski definition) is 8. The average Bonchev–Trinajstić information content (AvgIpc) is 2.53. The second-order valence-electron chi connectivity index (χ2n) is 7.51. The third kappa shape index (κ3) is 15.3. The van der Waals surface area contributed by atoms with Gasteiger partial charge in [0.25, 0.3) is 0 Å². The monoisotopic (exact) mass is 511 g/mol. The molecule has 0 bridgehead atoms. The van der Waals surface area contributed by atoms with Crippen LogP contribution >= 0.6 is 22.8 Å². The van der Waals surface area contributed by atoms with Crippen molar-refractivity contribution >= 4 is 28.7 Å². The molecule has 0 spiro atoms. The molecule has 1 amide bonds. The lowest BCUT2D eigenvalue weighted by molar-refractivity contribution is -0.119. The molecule has 1 rings (SSSR count). The lowest BCUT2D eigenvalue weighted by Crippen LogP contribution is -2.47. The summed E-state index contributed by atoms with van der Waals surface area (Å²) in [6.07, 6.45) is -1.73. The predicted octanol–water partition coefficient (Wildman–Crippen LogP) is -2.90. The highest BCUT2D eigenvalue weighted by Gasteiger charge is 2.26. The minimum Gasteiger partial charge on any atom is -0.369 e. The van der Waals surface area contributed by atoms with Gasteiger partial charge in [0.1, 0.15) is 18.9 Å². The largest absolute Gasteiger partial charge is 0.369 e. The van der Waals surface area contributed by atoms with Gasteiger partial charge in [-0.05, 0) is 0 Å². The predicted molar refractivity (Wildman–Crippen MR) is 111 cm³/mol. The van der Waals surface area contributed by atoms with Gasteiger partial charge in [-0.15, -0.1) is 0 Å². The van der Waals surface area contributed by atoms with Crippen LogP contribution in [-0.2, 0) is 18.5 Å². The van der Waals surface area contributed by atoms with E-state index in [2.05, 4.69) is 0 Å². The van der Waals surface area contributed by atoms with Gasteiger partial charge < -0.3 is 35.1 Å². The molecule has 18 heteroatoms. The topological polar surface area (TPSA) is 229 Å². The Hall–Kier alpha value is -0.240. The fourth-order valence-corrected chi connectivity index (χ4v) is 5.57. The van der Waals surface area contributed by atoms with Gasteiger partial charge in [0.15, 0.2) is 0 Å². The molecule has 0 aliphatic carbocycles. The van der Waals surface area contributed by atoms with Gasteiger partial charge in [0.2, 0.25) is 5.91 Å². The Kier molecular flexibility index (Phi) is 11.4. The first kappa shape index (κ1) is 28.8. The number of nitrogens with two attached hydrogens (primary N) is 1. The van der Waals surface area contributed by atoms with Crippen LogP contribution in [0, 0.1) is 0 Å². The molecule has 0 aromatic rings. The average molecular weight is 511 g/mol. The highest BCUT2D eigenvalue weighted by atomic mass is 31.2. The van der Waals surface area contributed by atoms with E-state index in [0.717, 1.165) is 0 Å². The summed E-state index contributed by atoms with van der Waals surface area (Å²) < 4.78 is 34.4. The lowest BCUT2D eigenvalue weighted by Gasteiger charge is -2.34. The first-order valence-corrected chi connectivity index (χ1v) is 14.7. The van der Waals surface area contributed by atoms with Crippen molar-refractivity contribution in [3.05, 3.63) is 0 Å². The van der Waals surface area contributed by atoms with Crippen molar-refractivity contribution in [3.63, 3.8) is 0 Å². The minimum absolute atomic E-state index is 0.0602. The van der Waals surface area contributed by atoms with Crippen LogP contribution in [0.2, 0.25) is 0 Å². The normalized spacial score (nSPS) is 20.8. The van der Waals surface area contributed by atoms with Crippen LogP contribution in [0.1, 0.15) is 0 Å². The van der Waals surface area contributed by atoms with E-state index in [1.165, 1.54) is 14.7 Å². The summed E-state index contributed by atoms with van der Waals surface area (Å²) in [6, 6.07) is 0. The zero-order chi connectivity index (χ0) is 23.9. The zero-order valence-electron chi connectivity index (χ0n) is 17.0. The second kappa shape index (κ2) is 12.3. The molecule has 1 aliphatic heterocycles. The van der Waals surface area contributed by atoms with Crippen LogP contribution in [0.25, 0.3) is 0 Å². The number of primary amides is 1. The molecule has 1 saturated heterocycles. The Morgan fingerprint density at radius 1 is 0.581 bits per heavy atom. The van der Waals surface area contributed by atoms with E-state index in [1.807, 2.05) is 0 Å². The standard InChI is InChI=1S/C13H32N5O10P3/c14-13(19)9-15-1-3-16(10-29(20,21)22)5-7-18(12-31(26,27)28)8-6-17(4-2-15)11-30(23,24)25/h1-12H2,(H2,14,19)(H2,20,21,22)(H2,23,24,25)(H2,26,27,28). The number of carbonyl (C=O) groups is 1. The van der Waals surface area contributed by atoms with Crippen molar-refractivity contribution in [2.24, 2.45) is 5.73 Å². The van der Waals surface area contributed by atoms with Gasteiger partial charge in [-0.25, -0.2) is 0 Å². The molecule has 184 valence electrons. The van der Waals surface area contributed by atoms with Crippen LogP contribution in [0.4, 0.5) is 0 Å². The van der Waals surface area contributed by atoms with Crippen LogP contribution in [0.5, 0.6) is 0 Å². The maximum absolute atomic E-state index is 11.5. The summed E-state index contributed by atoms with van der Waals surface area (Å²) in [7, 11) is -13.2. The molecule has 0 radical (unpaired) electrons. The summed E-state index contributed by atoms with van der Waals surface area (Å²) in [4.78, 5) is 73.2. The van der Waals surface area contributed by atoms with Crippen molar-refractivity contribution < 1.29 is 47.9 Å². The SMILES string of the molecule is NC(=O)CN1CCN(CP(=O)(O)O)CCN(CP(=O)(O)O)CCN(CP(=O)(O)O)CC1. The van der Waals surface area contributed by atoms with Crippen LogP contribution in [-0.4, -0.2) is 133 Å². The van der Waals surface area contributed by atoms with Crippen LogP contribution in [0.3, 0.4) is 0 Å². The van der Waals surface area contributed by atoms with Crippen molar-refractivity contribution in [2.75, 3.05) is 77.8 Å². The minimum atomic E-state index is -4.44. The van der Waals surface area contributed by atoms with E-state index >= 15 is 0 Å². The van der Waals surface area contributed by atoms with Gasteiger partial charge in [-0.1, -0.05) is 0 Å². The quantitative estimate of drug-likeness (QED) is 0.162. The van der Waals surface area contributed by atoms with Gasteiger partial charge in [-0.3, -0.25) is 38.1 Å². The Morgan fingerprint density at radius 2 is 0.806 bits per heavy atom. The molecule has 1 aliphatic rings. The van der Waals surface area contributed by atoms with E-state index in [9.17, 15) is 47.9 Å². The molecule has 0 unspecified atom stereocenters. The highest BCUT2D eigenvalue weighted by Crippen LogP contribution is 2.37. The van der Waals surface area contributed by atoms with Gasteiger partial charge in [0, 0.05) is 52.4 Å². The number of nitrogens with zero attached hydrogens (tertiary/aromatic N) is 4. The Bertz CT molecular complexity index is 685. The Balaban J connectivity index is 3.05. The maximum atomic E-state index is 11.5. The van der Waals surface area contributed by atoms with Crippen molar-refractivity contribution in [2.45, 2.75) is 0 Å². The summed E-state index contributed by atoms with van der Waals surface area (Å²) >= 11 is 0. The second-order valence-corrected chi connectivity index (χ2v) is 12.4. The molecule has 0 aromatic heterocycles. The fourth-order valence-electron chi connectivity index (χ4n) is 3.16. The first-order chi connectivity index (χ1) is 14.0. The smallest absolute Gasteiger partial charge is 0.339 e. The molecule has 8 N–H and O–H groups in total. The highest BCUT2D eigenvalue weighted by molar-refractivity contribution is 7.52. The summed E-state index contributed by atoms with van der Waals surface area (Å²) in [5.41, 5.74) is 5.25. The fraction of sp³-hybridized carbons (Fsp3) is 0.923. The maximum Gasteiger partial charge on any atom is 0.339 e. The van der Waals surface area contributed by atoms with E-state index in [-0.39, 0.29) is 58.9 Å². The van der Waals surface area contributed by atoms with Gasteiger partial charge in [-0.2, -0.15) is 0 Å². The molecule has 1 fully saturated rings. The van der Waals surface area contributed by atoms with Crippen molar-refractivity contribution in [1.82, 2.24) is 19.6 Å². The molecule has 15 nitrogen and oxygen atoms in total. The first-order valence-electron chi connectivity index (χ1n) is 9.34. The van der Waals surface area contributed by atoms with E-state index in [0.29, 0.717) is 0 Å². The van der Waals surface area contributed by atoms with Gasteiger partial charge >= 0.3 is 22.8 Å². The third-order valence-corrected chi connectivity index (χ3v) is 6.77. The molecule has 0 atom stereocenters. The molecule has 0 saturated carbocycles. The zero-order valence-corrected chi connectivity index (χ0v) is 19.7. The number of hydrogen-bond donors (Lipinski definition) is 7. The molecule has 31 heavy (non-hydrogen) atoms. The Labute approximate surface area is 180 Å². The van der Waals surface area contributed by atoms with Crippen LogP contribution in [0.15, 0.2) is 0 Å². The van der Waals surface area contributed by atoms with Crippen LogP contribution < -0.4 is 5.73 Å². The van der Waals surface area contributed by atoms with Crippen molar-refractivity contribution in [1.29, 1.82) is 0 Å².